The first kappa shape index (κ1) is 18.5. The number of piperidine rings is 1. The molecule has 0 radical (unpaired) electrons. The van der Waals surface area contributed by atoms with Crippen LogP contribution in [0.5, 0.6) is 0 Å². The van der Waals surface area contributed by atoms with E-state index in [0.717, 1.165) is 12.1 Å². The zero-order valence-electron chi connectivity index (χ0n) is 13.6. The van der Waals surface area contributed by atoms with E-state index in [1.54, 1.807) is 22.5 Å². The van der Waals surface area contributed by atoms with Gasteiger partial charge in [0.1, 0.15) is 6.04 Å². The van der Waals surface area contributed by atoms with Crippen LogP contribution in [0.15, 0.2) is 23.0 Å². The molecule has 24 heavy (non-hydrogen) atoms. The average molecular weight is 355 g/mol. The fraction of sp³-hybridized carbons (Fsp3) is 0.562. The molecule has 0 aromatic carbocycles. The van der Waals surface area contributed by atoms with Gasteiger partial charge in [0.25, 0.3) is 5.56 Å². The fourth-order valence-corrected chi connectivity index (χ4v) is 3.83. The van der Waals surface area contributed by atoms with Gasteiger partial charge in [-0.25, -0.2) is 0 Å². The highest BCUT2D eigenvalue weighted by molar-refractivity contribution is 5.85. The molecule has 0 saturated carbocycles. The Morgan fingerprint density at radius 2 is 2.08 bits per heavy atom. The summed E-state index contributed by atoms with van der Waals surface area (Å²) in [5.41, 5.74) is 6.13. The largest absolute Gasteiger partial charge is 0.353 e. The van der Waals surface area contributed by atoms with E-state index >= 15 is 0 Å². The molecule has 0 spiro atoms. The van der Waals surface area contributed by atoms with Crippen LogP contribution in [0.2, 0.25) is 0 Å². The van der Waals surface area contributed by atoms with Crippen LogP contribution in [0.25, 0.3) is 0 Å². The number of likely N-dealkylation sites (tertiary alicyclic amines) is 1. The van der Waals surface area contributed by atoms with Crippen LogP contribution >= 0.6 is 12.4 Å². The SMILES string of the molecule is CC(=O)N1C[C@H]2C[C@@H](C1)[C@H](C(=O)NCCN)n1c2cccc1=O.Cl. The molecule has 2 bridgehead atoms. The zero-order chi connectivity index (χ0) is 16.6. The Labute approximate surface area is 146 Å². The van der Waals surface area contributed by atoms with Crippen molar-refractivity contribution in [1.82, 2.24) is 14.8 Å². The number of rotatable bonds is 3. The van der Waals surface area contributed by atoms with Gasteiger partial charge in [0.15, 0.2) is 0 Å². The first-order valence-corrected chi connectivity index (χ1v) is 7.97. The van der Waals surface area contributed by atoms with Gasteiger partial charge in [-0.1, -0.05) is 6.07 Å². The minimum atomic E-state index is -0.580. The van der Waals surface area contributed by atoms with Gasteiger partial charge in [-0.05, 0) is 12.5 Å². The third kappa shape index (κ3) is 3.18. The maximum absolute atomic E-state index is 12.6. The number of pyridine rings is 1. The van der Waals surface area contributed by atoms with Crippen molar-refractivity contribution < 1.29 is 9.59 Å². The molecule has 1 aromatic heterocycles. The number of carbonyl (C=O) groups excluding carboxylic acids is 2. The summed E-state index contributed by atoms with van der Waals surface area (Å²) in [5, 5.41) is 2.79. The van der Waals surface area contributed by atoms with E-state index in [4.69, 9.17) is 5.73 Å². The number of aromatic nitrogens is 1. The van der Waals surface area contributed by atoms with Gasteiger partial charge < -0.3 is 16.0 Å². The van der Waals surface area contributed by atoms with E-state index in [0.29, 0.717) is 26.2 Å². The Morgan fingerprint density at radius 1 is 1.33 bits per heavy atom. The first-order valence-electron chi connectivity index (χ1n) is 7.97. The van der Waals surface area contributed by atoms with Crippen LogP contribution in [-0.2, 0) is 9.59 Å². The second-order valence-corrected chi connectivity index (χ2v) is 6.30. The Bertz CT molecular complexity index is 690. The van der Waals surface area contributed by atoms with Crippen molar-refractivity contribution in [2.24, 2.45) is 11.7 Å². The number of hydrogen-bond acceptors (Lipinski definition) is 4. The minimum absolute atomic E-state index is 0. The molecular formula is C16H23ClN4O3. The molecule has 3 atom stereocenters. The second-order valence-electron chi connectivity index (χ2n) is 6.30. The highest BCUT2D eigenvalue weighted by Crippen LogP contribution is 2.41. The summed E-state index contributed by atoms with van der Waals surface area (Å²) in [5.74, 6) is -0.139. The minimum Gasteiger partial charge on any atom is -0.353 e. The molecule has 3 heterocycles. The molecule has 3 N–H and O–H groups in total. The normalized spacial score (nSPS) is 24.6. The lowest BCUT2D eigenvalue weighted by Crippen LogP contribution is -2.54. The van der Waals surface area contributed by atoms with Gasteiger partial charge in [-0.2, -0.15) is 0 Å². The van der Waals surface area contributed by atoms with Crippen LogP contribution in [-0.4, -0.2) is 47.5 Å². The van der Waals surface area contributed by atoms with Gasteiger partial charge >= 0.3 is 0 Å². The summed E-state index contributed by atoms with van der Waals surface area (Å²) in [6.07, 6.45) is 0.813. The lowest BCUT2D eigenvalue weighted by atomic mass is 9.78. The first-order chi connectivity index (χ1) is 11.0. The predicted octanol–water partition coefficient (Wildman–Crippen LogP) is -0.148. The lowest BCUT2D eigenvalue weighted by Gasteiger charge is -2.46. The maximum Gasteiger partial charge on any atom is 0.251 e. The van der Waals surface area contributed by atoms with E-state index < -0.39 is 6.04 Å². The van der Waals surface area contributed by atoms with Crippen LogP contribution in [0.4, 0.5) is 0 Å². The maximum atomic E-state index is 12.6. The van der Waals surface area contributed by atoms with Gasteiger partial charge in [0.2, 0.25) is 11.8 Å². The van der Waals surface area contributed by atoms with Crippen LogP contribution < -0.4 is 16.6 Å². The molecule has 1 saturated heterocycles. The quantitative estimate of drug-likeness (QED) is 0.789. The molecule has 1 fully saturated rings. The Morgan fingerprint density at radius 3 is 2.75 bits per heavy atom. The van der Waals surface area contributed by atoms with Crippen molar-refractivity contribution in [2.45, 2.75) is 25.3 Å². The standard InChI is InChI=1S/C16H22N4O3.ClH/c1-10(21)19-8-11-7-12(9-19)15(16(23)18-6-5-17)20-13(11)3-2-4-14(20)22;/h2-4,11-12,15H,5-9,17H2,1H3,(H,18,23);1H/t11-,12+,15-;/m1./s1. The summed E-state index contributed by atoms with van der Waals surface area (Å²) < 4.78 is 1.61. The van der Waals surface area contributed by atoms with Crippen molar-refractivity contribution >= 4 is 24.2 Å². The van der Waals surface area contributed by atoms with E-state index in [2.05, 4.69) is 5.32 Å². The molecule has 2 amide bonds. The third-order valence-electron chi connectivity index (χ3n) is 4.80. The van der Waals surface area contributed by atoms with Gasteiger partial charge in [0, 0.05) is 56.7 Å². The second kappa shape index (κ2) is 7.36. The number of carbonyl (C=O) groups is 2. The highest BCUT2D eigenvalue weighted by Gasteiger charge is 2.44. The average Bonchev–Trinajstić information content (AvgIpc) is 2.53. The zero-order valence-corrected chi connectivity index (χ0v) is 14.4. The molecule has 8 heteroatoms. The number of hydrogen-bond donors (Lipinski definition) is 2. The number of amides is 2. The van der Waals surface area contributed by atoms with Crippen LogP contribution in [0.1, 0.15) is 31.0 Å². The molecule has 1 aromatic rings. The Kier molecular flexibility index (Phi) is 5.66. The molecule has 3 rings (SSSR count). The van der Waals surface area contributed by atoms with Crippen molar-refractivity contribution in [1.29, 1.82) is 0 Å². The molecular weight excluding hydrogens is 332 g/mol. The molecule has 132 valence electrons. The predicted molar refractivity (Wildman–Crippen MR) is 92.2 cm³/mol. The van der Waals surface area contributed by atoms with Crippen molar-refractivity contribution in [3.05, 3.63) is 34.2 Å². The smallest absolute Gasteiger partial charge is 0.251 e. The summed E-state index contributed by atoms with van der Waals surface area (Å²) in [4.78, 5) is 38.6. The fourth-order valence-electron chi connectivity index (χ4n) is 3.83. The van der Waals surface area contributed by atoms with Crippen LogP contribution in [0.3, 0.4) is 0 Å². The number of nitrogens with one attached hydrogen (secondary N) is 1. The van der Waals surface area contributed by atoms with E-state index in [1.807, 2.05) is 6.07 Å². The Balaban J connectivity index is 0.00000208. The number of nitrogens with zero attached hydrogens (tertiary/aromatic N) is 2. The highest BCUT2D eigenvalue weighted by atomic mass is 35.5. The molecule has 2 aliphatic rings. The molecule has 0 unspecified atom stereocenters. The number of halogens is 1. The van der Waals surface area contributed by atoms with Gasteiger partial charge in [-0.15, -0.1) is 12.4 Å². The summed E-state index contributed by atoms with van der Waals surface area (Å²) in [6, 6.07) is 4.51. The Hall–Kier alpha value is -1.86. The monoisotopic (exact) mass is 354 g/mol. The summed E-state index contributed by atoms with van der Waals surface area (Å²) in [6.45, 7) is 3.38. The van der Waals surface area contributed by atoms with E-state index in [9.17, 15) is 14.4 Å². The molecule has 0 aliphatic carbocycles. The van der Waals surface area contributed by atoms with Crippen molar-refractivity contribution in [2.75, 3.05) is 26.2 Å². The van der Waals surface area contributed by atoms with Gasteiger partial charge in [0.05, 0.1) is 0 Å². The van der Waals surface area contributed by atoms with Crippen LogP contribution in [0, 0.1) is 5.92 Å². The lowest BCUT2D eigenvalue weighted by molar-refractivity contribution is -0.135. The van der Waals surface area contributed by atoms with Crippen molar-refractivity contribution in [3.63, 3.8) is 0 Å². The van der Waals surface area contributed by atoms with Gasteiger partial charge in [-0.3, -0.25) is 19.0 Å². The third-order valence-corrected chi connectivity index (χ3v) is 4.80. The summed E-state index contributed by atoms with van der Waals surface area (Å²) >= 11 is 0. The van der Waals surface area contributed by atoms with Crippen molar-refractivity contribution in [3.8, 4) is 0 Å². The molecule has 7 nitrogen and oxygen atoms in total. The van der Waals surface area contributed by atoms with E-state index in [1.165, 1.54) is 6.07 Å². The van der Waals surface area contributed by atoms with E-state index in [-0.39, 0.29) is 41.6 Å². The summed E-state index contributed by atoms with van der Waals surface area (Å²) in [7, 11) is 0. The number of nitrogens with two attached hydrogens (primary N) is 1. The number of fused-ring (bicyclic) bond motifs is 4. The molecule has 2 aliphatic heterocycles. The topological polar surface area (TPSA) is 97.4 Å².